The van der Waals surface area contributed by atoms with Gasteiger partial charge in [-0.3, -0.25) is 4.79 Å². The number of amides is 2. The van der Waals surface area contributed by atoms with E-state index in [0.717, 1.165) is 0 Å². The van der Waals surface area contributed by atoms with E-state index in [-0.39, 0.29) is 13.0 Å². The summed E-state index contributed by atoms with van der Waals surface area (Å²) in [4.78, 5) is 22.5. The summed E-state index contributed by atoms with van der Waals surface area (Å²) >= 11 is 0. The molecule has 8 heteroatoms. The molecule has 0 radical (unpaired) electrons. The van der Waals surface area contributed by atoms with Crippen LogP contribution in [0.4, 0.5) is 18.0 Å². The third-order valence-corrected chi connectivity index (χ3v) is 2.00. The van der Waals surface area contributed by atoms with Crippen molar-refractivity contribution in [1.29, 1.82) is 0 Å². The van der Waals surface area contributed by atoms with Crippen molar-refractivity contribution in [3.63, 3.8) is 0 Å². The van der Waals surface area contributed by atoms with Crippen LogP contribution in [0.1, 0.15) is 26.7 Å². The molecule has 18 heavy (non-hydrogen) atoms. The fraction of sp³-hybridized carbons (Fsp3) is 0.800. The van der Waals surface area contributed by atoms with Gasteiger partial charge in [-0.15, -0.1) is 0 Å². The summed E-state index contributed by atoms with van der Waals surface area (Å²) in [6.45, 7) is 1.69. The average Bonchev–Trinajstić information content (AvgIpc) is 2.13. The van der Waals surface area contributed by atoms with Crippen LogP contribution in [-0.2, 0) is 4.79 Å². The third kappa shape index (κ3) is 7.75. The summed E-state index contributed by atoms with van der Waals surface area (Å²) < 4.78 is 36.7. The number of alkyl halides is 3. The van der Waals surface area contributed by atoms with Gasteiger partial charge in [0.2, 0.25) is 0 Å². The zero-order valence-corrected chi connectivity index (χ0v) is 10.3. The second-order valence-electron chi connectivity index (χ2n) is 3.99. The van der Waals surface area contributed by atoms with Gasteiger partial charge < -0.3 is 15.3 Å². The van der Waals surface area contributed by atoms with Crippen LogP contribution in [-0.4, -0.2) is 47.3 Å². The van der Waals surface area contributed by atoms with Crippen LogP contribution < -0.4 is 5.32 Å². The topological polar surface area (TPSA) is 69.6 Å². The number of urea groups is 1. The molecule has 0 rings (SSSR count). The van der Waals surface area contributed by atoms with Crippen LogP contribution in [0.15, 0.2) is 0 Å². The van der Waals surface area contributed by atoms with Gasteiger partial charge in [0.1, 0.15) is 6.54 Å². The molecule has 0 saturated carbocycles. The van der Waals surface area contributed by atoms with E-state index >= 15 is 0 Å². The lowest BCUT2D eigenvalue weighted by Gasteiger charge is -2.25. The van der Waals surface area contributed by atoms with Gasteiger partial charge in [-0.05, 0) is 13.3 Å². The van der Waals surface area contributed by atoms with Crippen LogP contribution in [0.3, 0.4) is 0 Å². The number of carboxylic acid groups (broad SMARTS) is 1. The number of nitrogens with zero attached hydrogens (tertiary/aromatic N) is 1. The number of hydrogen-bond donors (Lipinski definition) is 2. The van der Waals surface area contributed by atoms with Crippen molar-refractivity contribution in [2.24, 2.45) is 0 Å². The van der Waals surface area contributed by atoms with E-state index in [2.05, 4.69) is 5.32 Å². The van der Waals surface area contributed by atoms with Crippen molar-refractivity contribution >= 4 is 12.0 Å². The Morgan fingerprint density at radius 2 is 1.94 bits per heavy atom. The first-order valence-corrected chi connectivity index (χ1v) is 5.49. The maximum absolute atomic E-state index is 12.2. The predicted molar refractivity (Wildman–Crippen MR) is 58.2 cm³/mol. The molecule has 0 aromatic heterocycles. The van der Waals surface area contributed by atoms with Gasteiger partial charge in [0.15, 0.2) is 0 Å². The Bertz CT molecular complexity index is 295. The van der Waals surface area contributed by atoms with E-state index in [9.17, 15) is 22.8 Å². The van der Waals surface area contributed by atoms with E-state index in [4.69, 9.17) is 5.11 Å². The molecule has 0 aliphatic carbocycles. The summed E-state index contributed by atoms with van der Waals surface area (Å²) in [6.07, 6.45) is -4.42. The molecule has 0 fully saturated rings. The summed E-state index contributed by atoms with van der Waals surface area (Å²) in [5.74, 6) is -1.12. The first kappa shape index (κ1) is 16.5. The lowest BCUT2D eigenvalue weighted by atomic mass is 10.2. The smallest absolute Gasteiger partial charge is 0.406 e. The number of aliphatic carboxylic acids is 1. The zero-order valence-electron chi connectivity index (χ0n) is 10.3. The zero-order chi connectivity index (χ0) is 14.3. The highest BCUT2D eigenvalue weighted by molar-refractivity contribution is 5.75. The molecule has 0 saturated heterocycles. The van der Waals surface area contributed by atoms with Crippen LogP contribution in [0.2, 0.25) is 0 Å². The van der Waals surface area contributed by atoms with Gasteiger partial charge in [-0.2, -0.15) is 13.2 Å². The molecule has 1 unspecified atom stereocenters. The Hall–Kier alpha value is -1.47. The second-order valence-corrected chi connectivity index (χ2v) is 3.99. The Morgan fingerprint density at radius 3 is 2.33 bits per heavy atom. The second kappa shape index (κ2) is 7.07. The van der Waals surface area contributed by atoms with Gasteiger partial charge >= 0.3 is 18.2 Å². The molecule has 5 nitrogen and oxygen atoms in total. The van der Waals surface area contributed by atoms with Crippen molar-refractivity contribution in [2.75, 3.05) is 13.1 Å². The quantitative estimate of drug-likeness (QED) is 0.773. The Labute approximate surface area is 103 Å². The molecule has 1 atom stereocenters. The minimum absolute atomic E-state index is 0.0366. The van der Waals surface area contributed by atoms with Crippen molar-refractivity contribution in [3.8, 4) is 0 Å². The first-order valence-electron chi connectivity index (χ1n) is 5.49. The molecule has 0 heterocycles. The molecule has 106 valence electrons. The van der Waals surface area contributed by atoms with Crippen molar-refractivity contribution in [1.82, 2.24) is 10.2 Å². The standard InChI is InChI=1S/C10H17F3N2O3/c1-3-4-15(6-10(11,12)13)9(18)14-7(2)5-8(16)17/h7H,3-6H2,1-2H3,(H,14,18)(H,16,17). The fourth-order valence-corrected chi connectivity index (χ4v) is 1.35. The number of carbonyl (C=O) groups is 2. The predicted octanol–water partition coefficient (Wildman–Crippen LogP) is 1.83. The third-order valence-electron chi connectivity index (χ3n) is 2.00. The van der Waals surface area contributed by atoms with Crippen molar-refractivity contribution < 1.29 is 27.9 Å². The minimum atomic E-state index is -4.47. The number of hydrogen-bond acceptors (Lipinski definition) is 2. The number of halogens is 3. The molecule has 0 aromatic carbocycles. The monoisotopic (exact) mass is 270 g/mol. The van der Waals surface area contributed by atoms with Crippen LogP contribution in [0.5, 0.6) is 0 Å². The Balaban J connectivity index is 4.42. The molecule has 0 aromatic rings. The number of carboxylic acids is 1. The van der Waals surface area contributed by atoms with E-state index in [0.29, 0.717) is 11.3 Å². The normalized spacial score (nSPS) is 12.9. The SMILES string of the molecule is CCCN(CC(F)(F)F)C(=O)NC(C)CC(=O)O. The van der Waals surface area contributed by atoms with Crippen LogP contribution >= 0.6 is 0 Å². The van der Waals surface area contributed by atoms with Crippen molar-refractivity contribution in [3.05, 3.63) is 0 Å². The molecular weight excluding hydrogens is 253 g/mol. The van der Waals surface area contributed by atoms with Crippen molar-refractivity contribution in [2.45, 2.75) is 38.9 Å². The van der Waals surface area contributed by atoms with Crippen LogP contribution in [0.25, 0.3) is 0 Å². The Kier molecular flexibility index (Phi) is 6.50. The number of nitrogens with one attached hydrogen (secondary N) is 1. The molecule has 2 N–H and O–H groups in total. The number of carbonyl (C=O) groups excluding carboxylic acids is 1. The number of rotatable bonds is 6. The highest BCUT2D eigenvalue weighted by Crippen LogP contribution is 2.16. The van der Waals surface area contributed by atoms with E-state index in [1.165, 1.54) is 6.92 Å². The van der Waals surface area contributed by atoms with Gasteiger partial charge in [-0.1, -0.05) is 6.92 Å². The fourth-order valence-electron chi connectivity index (χ4n) is 1.35. The van der Waals surface area contributed by atoms with Gasteiger partial charge in [0.05, 0.1) is 6.42 Å². The van der Waals surface area contributed by atoms with Gasteiger partial charge in [0, 0.05) is 12.6 Å². The molecule has 2 amide bonds. The van der Waals surface area contributed by atoms with Gasteiger partial charge in [-0.25, -0.2) is 4.79 Å². The van der Waals surface area contributed by atoms with E-state index in [1.54, 1.807) is 6.92 Å². The van der Waals surface area contributed by atoms with Crippen LogP contribution in [0, 0.1) is 0 Å². The largest absolute Gasteiger partial charge is 0.481 e. The lowest BCUT2D eigenvalue weighted by molar-refractivity contribution is -0.141. The average molecular weight is 270 g/mol. The maximum atomic E-state index is 12.2. The summed E-state index contributed by atoms with van der Waals surface area (Å²) in [5.41, 5.74) is 0. The molecule has 0 aliphatic heterocycles. The highest BCUT2D eigenvalue weighted by atomic mass is 19.4. The first-order chi connectivity index (χ1) is 8.15. The molecule has 0 aliphatic rings. The molecule has 0 spiro atoms. The summed E-state index contributed by atoms with van der Waals surface area (Å²) in [5, 5.41) is 10.7. The van der Waals surface area contributed by atoms with E-state index in [1.807, 2.05) is 0 Å². The molecule has 0 bridgehead atoms. The summed E-state index contributed by atoms with van der Waals surface area (Å²) in [6, 6.07) is -1.62. The highest BCUT2D eigenvalue weighted by Gasteiger charge is 2.33. The lowest BCUT2D eigenvalue weighted by Crippen LogP contribution is -2.48. The summed E-state index contributed by atoms with van der Waals surface area (Å²) in [7, 11) is 0. The van der Waals surface area contributed by atoms with Gasteiger partial charge in [0.25, 0.3) is 0 Å². The molecular formula is C10H17F3N2O3. The maximum Gasteiger partial charge on any atom is 0.406 e. The van der Waals surface area contributed by atoms with E-state index < -0.39 is 30.8 Å². The Morgan fingerprint density at radius 1 is 1.39 bits per heavy atom. The minimum Gasteiger partial charge on any atom is -0.481 e.